The van der Waals surface area contributed by atoms with Crippen molar-refractivity contribution in [2.75, 3.05) is 25.6 Å². The van der Waals surface area contributed by atoms with Gasteiger partial charge in [-0.15, -0.1) is 0 Å². The van der Waals surface area contributed by atoms with E-state index in [1.54, 1.807) is 7.11 Å². The van der Waals surface area contributed by atoms with Crippen molar-refractivity contribution in [3.05, 3.63) is 65.7 Å². The number of aliphatic hydroxyl groups excluding tert-OH is 1. The molecule has 0 heterocycles. The molecule has 0 saturated heterocycles. The summed E-state index contributed by atoms with van der Waals surface area (Å²) < 4.78 is 5.16. The Bertz CT molecular complexity index is 668. The van der Waals surface area contributed by atoms with E-state index >= 15 is 0 Å². The molecule has 25 heavy (non-hydrogen) atoms. The average molecular weight is 342 g/mol. The van der Waals surface area contributed by atoms with Gasteiger partial charge in [0.1, 0.15) is 0 Å². The van der Waals surface area contributed by atoms with E-state index in [9.17, 15) is 9.90 Å². The number of ether oxygens (including phenoxy) is 1. The first-order valence-electron chi connectivity index (χ1n) is 8.37. The van der Waals surface area contributed by atoms with Crippen LogP contribution in [0.5, 0.6) is 0 Å². The second-order valence-corrected chi connectivity index (χ2v) is 6.37. The Morgan fingerprint density at radius 2 is 1.80 bits per heavy atom. The number of anilines is 1. The number of hydrogen-bond donors (Lipinski definition) is 3. The van der Waals surface area contributed by atoms with Gasteiger partial charge in [0, 0.05) is 19.4 Å². The number of aliphatic hydroxyl groups is 1. The minimum Gasteiger partial charge on any atom is -0.396 e. The van der Waals surface area contributed by atoms with Crippen molar-refractivity contribution in [3.63, 3.8) is 0 Å². The van der Waals surface area contributed by atoms with E-state index in [2.05, 4.69) is 22.8 Å². The van der Waals surface area contributed by atoms with Crippen molar-refractivity contribution >= 4 is 11.7 Å². The first-order chi connectivity index (χ1) is 12.1. The van der Waals surface area contributed by atoms with E-state index < -0.39 is 5.54 Å². The third-order valence-corrected chi connectivity index (χ3v) is 4.04. The number of urea groups is 1. The molecular weight excluding hydrogens is 316 g/mol. The quantitative estimate of drug-likeness (QED) is 0.690. The summed E-state index contributed by atoms with van der Waals surface area (Å²) in [5, 5.41) is 15.0. The minimum absolute atomic E-state index is 0.0231. The molecule has 0 aliphatic carbocycles. The number of methoxy groups -OCH3 is 1. The number of rotatable bonds is 8. The first kappa shape index (κ1) is 19.0. The van der Waals surface area contributed by atoms with E-state index in [1.165, 1.54) is 5.56 Å². The molecular formula is C20H26N2O3. The van der Waals surface area contributed by atoms with E-state index in [-0.39, 0.29) is 12.6 Å². The van der Waals surface area contributed by atoms with Crippen LogP contribution in [-0.2, 0) is 11.2 Å². The van der Waals surface area contributed by atoms with Gasteiger partial charge < -0.3 is 20.5 Å². The molecule has 1 atom stereocenters. The molecule has 2 rings (SSSR count). The fourth-order valence-corrected chi connectivity index (χ4v) is 2.78. The maximum absolute atomic E-state index is 12.4. The Morgan fingerprint density at radius 1 is 1.12 bits per heavy atom. The maximum Gasteiger partial charge on any atom is 0.319 e. The van der Waals surface area contributed by atoms with Gasteiger partial charge in [-0.2, -0.15) is 0 Å². The van der Waals surface area contributed by atoms with Crippen LogP contribution in [0.1, 0.15) is 24.5 Å². The zero-order valence-electron chi connectivity index (χ0n) is 14.8. The molecule has 0 saturated carbocycles. The lowest BCUT2D eigenvalue weighted by Crippen LogP contribution is -2.51. The molecule has 0 aliphatic rings. The Balaban J connectivity index is 2.08. The summed E-state index contributed by atoms with van der Waals surface area (Å²) in [5.74, 6) is 0. The van der Waals surface area contributed by atoms with Crippen molar-refractivity contribution in [1.82, 2.24) is 5.32 Å². The topological polar surface area (TPSA) is 70.6 Å². The van der Waals surface area contributed by atoms with Crippen molar-refractivity contribution in [2.45, 2.75) is 25.3 Å². The number of amides is 2. The molecule has 0 spiro atoms. The summed E-state index contributed by atoms with van der Waals surface area (Å²) in [4.78, 5) is 12.4. The smallest absolute Gasteiger partial charge is 0.319 e. The molecule has 2 aromatic carbocycles. The van der Waals surface area contributed by atoms with Crippen molar-refractivity contribution in [1.29, 1.82) is 0 Å². The highest BCUT2D eigenvalue weighted by Crippen LogP contribution is 2.19. The third-order valence-electron chi connectivity index (χ3n) is 4.04. The Labute approximate surface area is 149 Å². The van der Waals surface area contributed by atoms with Gasteiger partial charge in [0.15, 0.2) is 0 Å². The van der Waals surface area contributed by atoms with Gasteiger partial charge in [0.2, 0.25) is 0 Å². The summed E-state index contributed by atoms with van der Waals surface area (Å²) in [6.45, 7) is 2.15. The molecule has 2 aromatic rings. The van der Waals surface area contributed by atoms with E-state index in [4.69, 9.17) is 4.74 Å². The summed E-state index contributed by atoms with van der Waals surface area (Å²) in [6, 6.07) is 17.6. The summed E-state index contributed by atoms with van der Waals surface area (Å²) in [7, 11) is 1.57. The summed E-state index contributed by atoms with van der Waals surface area (Å²) >= 11 is 0. The molecule has 3 N–H and O–H groups in total. The summed E-state index contributed by atoms with van der Waals surface area (Å²) in [6.07, 6.45) is 1.16. The molecule has 5 heteroatoms. The van der Waals surface area contributed by atoms with Crippen LogP contribution in [0.15, 0.2) is 54.6 Å². The lowest BCUT2D eigenvalue weighted by atomic mass is 10.00. The zero-order valence-corrected chi connectivity index (χ0v) is 14.8. The fraction of sp³-hybridized carbons (Fsp3) is 0.350. The van der Waals surface area contributed by atoms with Crippen LogP contribution < -0.4 is 10.6 Å². The van der Waals surface area contributed by atoms with Crippen LogP contribution in [0, 0.1) is 0 Å². The Kier molecular flexibility index (Phi) is 6.98. The number of nitrogens with one attached hydrogen (secondary N) is 2. The highest BCUT2D eigenvalue weighted by molar-refractivity contribution is 5.90. The number of para-hydroxylation sites is 1. The van der Waals surface area contributed by atoms with E-state index in [1.807, 2.05) is 49.4 Å². The molecule has 2 amide bonds. The lowest BCUT2D eigenvalue weighted by Gasteiger charge is -2.29. The van der Waals surface area contributed by atoms with E-state index in [0.29, 0.717) is 13.0 Å². The predicted molar refractivity (Wildman–Crippen MR) is 99.8 cm³/mol. The van der Waals surface area contributed by atoms with Gasteiger partial charge in [-0.1, -0.05) is 48.5 Å². The molecule has 1 unspecified atom stereocenters. The van der Waals surface area contributed by atoms with Gasteiger partial charge >= 0.3 is 6.03 Å². The monoisotopic (exact) mass is 342 g/mol. The Hall–Kier alpha value is -2.37. The SMILES string of the molecule is COCC(C)(CCO)NC(=O)Nc1ccccc1Cc1ccccc1. The van der Waals surface area contributed by atoms with Crippen LogP contribution in [0.3, 0.4) is 0 Å². The van der Waals surface area contributed by atoms with Gasteiger partial charge in [-0.3, -0.25) is 0 Å². The van der Waals surface area contributed by atoms with Gasteiger partial charge in [-0.05, 0) is 37.0 Å². The van der Waals surface area contributed by atoms with Gasteiger partial charge in [0.05, 0.1) is 12.1 Å². The highest BCUT2D eigenvalue weighted by Gasteiger charge is 2.26. The second-order valence-electron chi connectivity index (χ2n) is 6.37. The number of carbonyl (C=O) groups is 1. The average Bonchev–Trinajstić information content (AvgIpc) is 2.57. The van der Waals surface area contributed by atoms with E-state index in [0.717, 1.165) is 17.7 Å². The molecule has 0 radical (unpaired) electrons. The fourth-order valence-electron chi connectivity index (χ4n) is 2.78. The predicted octanol–water partition coefficient (Wildman–Crippen LogP) is 3.19. The standard InChI is InChI=1S/C20H26N2O3/c1-20(12-13-23,15-25-2)22-19(24)21-18-11-7-6-10-17(18)14-16-8-4-3-5-9-16/h3-11,23H,12-15H2,1-2H3,(H2,21,22,24). The van der Waals surface area contributed by atoms with Crippen molar-refractivity contribution in [2.24, 2.45) is 0 Å². The van der Waals surface area contributed by atoms with Crippen LogP contribution >= 0.6 is 0 Å². The summed E-state index contributed by atoms with van der Waals surface area (Å²) in [5.41, 5.74) is 2.37. The number of carbonyl (C=O) groups excluding carboxylic acids is 1. The number of hydrogen-bond acceptors (Lipinski definition) is 3. The molecule has 0 fully saturated rings. The van der Waals surface area contributed by atoms with Gasteiger partial charge in [0.25, 0.3) is 0 Å². The largest absolute Gasteiger partial charge is 0.396 e. The van der Waals surface area contributed by atoms with Crippen LogP contribution in [0.2, 0.25) is 0 Å². The van der Waals surface area contributed by atoms with Crippen molar-refractivity contribution < 1.29 is 14.6 Å². The normalized spacial score (nSPS) is 13.1. The third kappa shape index (κ3) is 5.89. The molecule has 0 aromatic heterocycles. The molecule has 0 bridgehead atoms. The zero-order chi connectivity index (χ0) is 18.1. The first-order valence-corrected chi connectivity index (χ1v) is 8.37. The second kappa shape index (κ2) is 9.20. The molecule has 0 aliphatic heterocycles. The van der Waals surface area contributed by atoms with Crippen LogP contribution in [-0.4, -0.2) is 37.0 Å². The van der Waals surface area contributed by atoms with Crippen LogP contribution in [0.25, 0.3) is 0 Å². The molecule has 5 nitrogen and oxygen atoms in total. The Morgan fingerprint density at radius 3 is 2.48 bits per heavy atom. The van der Waals surface area contributed by atoms with Gasteiger partial charge in [-0.25, -0.2) is 4.79 Å². The van der Waals surface area contributed by atoms with Crippen molar-refractivity contribution in [3.8, 4) is 0 Å². The maximum atomic E-state index is 12.4. The minimum atomic E-state index is -0.623. The van der Waals surface area contributed by atoms with Crippen LogP contribution in [0.4, 0.5) is 10.5 Å². The molecule has 134 valence electrons. The number of benzene rings is 2. The lowest BCUT2D eigenvalue weighted by molar-refractivity contribution is 0.104. The highest BCUT2D eigenvalue weighted by atomic mass is 16.5.